The molecule has 3 fully saturated rings. The number of rotatable bonds is 4. The Morgan fingerprint density at radius 3 is 2.62 bits per heavy atom. The molecule has 3 aliphatic heterocycles. The second kappa shape index (κ2) is 7.69. The van der Waals surface area contributed by atoms with Gasteiger partial charge in [0.15, 0.2) is 6.61 Å². The molecule has 4 rings (SSSR count). The summed E-state index contributed by atoms with van der Waals surface area (Å²) < 4.78 is 10.2. The summed E-state index contributed by atoms with van der Waals surface area (Å²) in [5.41, 5.74) is 0.869. The lowest BCUT2D eigenvalue weighted by atomic mass is 9.81. The molecule has 3 saturated heterocycles. The van der Waals surface area contributed by atoms with Crippen molar-refractivity contribution < 1.29 is 19.4 Å². The van der Waals surface area contributed by atoms with Crippen molar-refractivity contribution in [1.82, 2.24) is 4.90 Å². The third-order valence-electron chi connectivity index (χ3n) is 4.65. The topological polar surface area (TPSA) is 59.0 Å². The van der Waals surface area contributed by atoms with E-state index in [1.807, 2.05) is 12.1 Å². The molecule has 0 saturated carbocycles. The van der Waals surface area contributed by atoms with E-state index in [9.17, 15) is 9.90 Å². The van der Waals surface area contributed by atoms with Gasteiger partial charge in [-0.15, -0.1) is 0 Å². The van der Waals surface area contributed by atoms with Gasteiger partial charge in [0, 0.05) is 5.56 Å². The Hall–Kier alpha value is -2.03. The van der Waals surface area contributed by atoms with Crippen LogP contribution < -0.4 is 4.74 Å². The third-order valence-corrected chi connectivity index (χ3v) is 4.65. The fourth-order valence-corrected chi connectivity index (χ4v) is 3.33. The minimum Gasteiger partial charge on any atom is -0.482 e. The van der Waals surface area contributed by atoms with Gasteiger partial charge in [0.1, 0.15) is 5.75 Å². The molecule has 2 unspecified atom stereocenters. The molecule has 1 aromatic carbocycles. The Bertz CT molecular complexity index is 621. The lowest BCUT2D eigenvalue weighted by molar-refractivity contribution is -0.145. The molecule has 0 spiro atoms. The Kier molecular flexibility index (Phi) is 5.39. The van der Waals surface area contributed by atoms with Crippen LogP contribution in [0.25, 0.3) is 0 Å². The smallest absolute Gasteiger partial charge is 0.344 e. The number of aliphatic hydroxyl groups excluding tert-OH is 1. The van der Waals surface area contributed by atoms with E-state index in [1.165, 1.54) is 0 Å². The van der Waals surface area contributed by atoms with E-state index >= 15 is 0 Å². The highest BCUT2D eigenvalue weighted by atomic mass is 16.6. The molecule has 2 atom stereocenters. The monoisotopic (exact) mass is 329 g/mol. The van der Waals surface area contributed by atoms with Crippen LogP contribution in [0.2, 0.25) is 0 Å². The standard InChI is InChI=1S/C19H23NO4/c1-2-23-18(21)13-24-16-6-3-14(4-7-16)5-8-17-19(22)15-9-11-20(17)12-10-15/h3-4,6-7,15,17,19,22H,2,9-13H2,1H3. The zero-order valence-electron chi connectivity index (χ0n) is 13.9. The highest BCUT2D eigenvalue weighted by Crippen LogP contribution is 2.31. The fraction of sp³-hybridized carbons (Fsp3) is 0.526. The van der Waals surface area contributed by atoms with Crippen LogP contribution in [0, 0.1) is 17.8 Å². The summed E-state index contributed by atoms with van der Waals surface area (Å²) in [4.78, 5) is 13.5. The van der Waals surface area contributed by atoms with Crippen LogP contribution in [0.15, 0.2) is 24.3 Å². The van der Waals surface area contributed by atoms with Gasteiger partial charge in [-0.1, -0.05) is 11.8 Å². The number of esters is 1. The van der Waals surface area contributed by atoms with E-state index < -0.39 is 0 Å². The van der Waals surface area contributed by atoms with Crippen LogP contribution in [0.4, 0.5) is 0 Å². The predicted octanol–water partition coefficient (Wildman–Crippen LogP) is 1.44. The Morgan fingerprint density at radius 1 is 1.29 bits per heavy atom. The van der Waals surface area contributed by atoms with Crippen LogP contribution in [0.3, 0.4) is 0 Å². The van der Waals surface area contributed by atoms with E-state index in [0.717, 1.165) is 31.5 Å². The number of ether oxygens (including phenoxy) is 2. The number of hydrogen-bond acceptors (Lipinski definition) is 5. The Morgan fingerprint density at radius 2 is 2.00 bits per heavy atom. The van der Waals surface area contributed by atoms with Gasteiger partial charge in [-0.05, 0) is 63.0 Å². The van der Waals surface area contributed by atoms with Gasteiger partial charge in [-0.3, -0.25) is 4.90 Å². The van der Waals surface area contributed by atoms with Crippen molar-refractivity contribution in [2.24, 2.45) is 5.92 Å². The normalized spacial score (nSPS) is 27.9. The maximum absolute atomic E-state index is 11.3. The molecule has 24 heavy (non-hydrogen) atoms. The minimum atomic E-state index is -0.378. The molecule has 1 N–H and O–H groups in total. The highest BCUT2D eigenvalue weighted by molar-refractivity contribution is 5.71. The molecule has 2 bridgehead atoms. The Labute approximate surface area is 142 Å². The SMILES string of the molecule is CCOC(=O)COc1ccc(C#CC2C(O)C3CCN2CC3)cc1. The van der Waals surface area contributed by atoms with Gasteiger partial charge in [0.25, 0.3) is 0 Å². The van der Waals surface area contributed by atoms with E-state index in [2.05, 4.69) is 16.7 Å². The molecule has 3 heterocycles. The van der Waals surface area contributed by atoms with Crippen LogP contribution in [0.5, 0.6) is 5.75 Å². The molecule has 128 valence electrons. The van der Waals surface area contributed by atoms with Gasteiger partial charge < -0.3 is 14.6 Å². The largest absolute Gasteiger partial charge is 0.482 e. The molecule has 1 aromatic rings. The summed E-state index contributed by atoms with van der Waals surface area (Å²) in [5, 5.41) is 10.3. The van der Waals surface area contributed by atoms with E-state index in [-0.39, 0.29) is 24.7 Å². The summed E-state index contributed by atoms with van der Waals surface area (Å²) >= 11 is 0. The van der Waals surface area contributed by atoms with Crippen molar-refractivity contribution in [2.75, 3.05) is 26.3 Å². The highest BCUT2D eigenvalue weighted by Gasteiger charge is 2.40. The summed E-state index contributed by atoms with van der Waals surface area (Å²) in [6.45, 7) is 4.07. The molecule has 3 aliphatic rings. The summed E-state index contributed by atoms with van der Waals surface area (Å²) in [6.07, 6.45) is 1.81. The number of carbonyl (C=O) groups is 1. The zero-order valence-corrected chi connectivity index (χ0v) is 13.9. The average molecular weight is 329 g/mol. The van der Waals surface area contributed by atoms with Crippen molar-refractivity contribution >= 4 is 5.97 Å². The maximum Gasteiger partial charge on any atom is 0.344 e. The van der Waals surface area contributed by atoms with Crippen molar-refractivity contribution in [3.8, 4) is 17.6 Å². The number of hydrogen-bond donors (Lipinski definition) is 1. The number of benzene rings is 1. The van der Waals surface area contributed by atoms with Gasteiger partial charge >= 0.3 is 5.97 Å². The van der Waals surface area contributed by atoms with Crippen molar-refractivity contribution in [3.63, 3.8) is 0 Å². The fourth-order valence-electron chi connectivity index (χ4n) is 3.33. The molecule has 5 heteroatoms. The van der Waals surface area contributed by atoms with Crippen LogP contribution in [-0.2, 0) is 9.53 Å². The first-order chi connectivity index (χ1) is 11.7. The third kappa shape index (κ3) is 3.89. The summed E-state index contributed by atoms with van der Waals surface area (Å²) in [6, 6.07) is 7.23. The lowest BCUT2D eigenvalue weighted by Crippen LogP contribution is -2.57. The second-order valence-electron chi connectivity index (χ2n) is 6.20. The van der Waals surface area contributed by atoms with E-state index in [4.69, 9.17) is 9.47 Å². The van der Waals surface area contributed by atoms with Gasteiger partial charge in [0.05, 0.1) is 18.8 Å². The minimum absolute atomic E-state index is 0.0581. The quantitative estimate of drug-likeness (QED) is 0.669. The number of aliphatic hydroxyl groups is 1. The molecule has 0 aliphatic carbocycles. The number of carbonyl (C=O) groups excluding carboxylic acids is 1. The summed E-state index contributed by atoms with van der Waals surface area (Å²) in [5.74, 6) is 6.98. The number of piperidine rings is 3. The predicted molar refractivity (Wildman–Crippen MR) is 89.5 cm³/mol. The van der Waals surface area contributed by atoms with Crippen LogP contribution in [0.1, 0.15) is 25.3 Å². The number of fused-ring (bicyclic) bond motifs is 3. The lowest BCUT2D eigenvalue weighted by Gasteiger charge is -2.46. The molecule has 0 amide bonds. The van der Waals surface area contributed by atoms with Crippen LogP contribution in [-0.4, -0.2) is 54.4 Å². The first kappa shape index (κ1) is 16.8. The zero-order chi connectivity index (χ0) is 16.9. The van der Waals surface area contributed by atoms with Crippen molar-refractivity contribution in [1.29, 1.82) is 0 Å². The first-order valence-corrected chi connectivity index (χ1v) is 8.49. The maximum atomic E-state index is 11.3. The molecular formula is C19H23NO4. The van der Waals surface area contributed by atoms with Gasteiger partial charge in [-0.25, -0.2) is 4.79 Å². The van der Waals surface area contributed by atoms with Crippen molar-refractivity contribution in [2.45, 2.75) is 31.9 Å². The van der Waals surface area contributed by atoms with Gasteiger partial charge in [-0.2, -0.15) is 0 Å². The molecule has 0 aromatic heterocycles. The van der Waals surface area contributed by atoms with E-state index in [1.54, 1.807) is 19.1 Å². The van der Waals surface area contributed by atoms with E-state index in [0.29, 0.717) is 18.3 Å². The second-order valence-corrected chi connectivity index (χ2v) is 6.20. The van der Waals surface area contributed by atoms with Crippen LogP contribution >= 0.6 is 0 Å². The average Bonchev–Trinajstić information content (AvgIpc) is 2.61. The molecule has 5 nitrogen and oxygen atoms in total. The van der Waals surface area contributed by atoms with Crippen molar-refractivity contribution in [3.05, 3.63) is 29.8 Å². The van der Waals surface area contributed by atoms with Gasteiger partial charge in [0.2, 0.25) is 0 Å². The molecular weight excluding hydrogens is 306 g/mol. The first-order valence-electron chi connectivity index (χ1n) is 8.49. The number of nitrogens with zero attached hydrogens (tertiary/aromatic N) is 1. The Balaban J connectivity index is 1.58. The summed E-state index contributed by atoms with van der Waals surface area (Å²) in [7, 11) is 0. The molecule has 0 radical (unpaired) electrons.